The number of nitrogens with one attached hydrogen (secondary N) is 1. The zero-order chi connectivity index (χ0) is 15.0. The summed E-state index contributed by atoms with van der Waals surface area (Å²) in [6.07, 6.45) is 0.739. The second kappa shape index (κ2) is 5.04. The van der Waals surface area contributed by atoms with E-state index in [0.29, 0.717) is 18.9 Å². The summed E-state index contributed by atoms with van der Waals surface area (Å²) in [5.74, 6) is -1.22. The maximum Gasteiger partial charge on any atom is 0.337 e. The molecular formula is C12H16N2O5S. The number of sulfonamides is 1. The average Bonchev–Trinajstić information content (AvgIpc) is 2.74. The second-order valence-corrected chi connectivity index (χ2v) is 6.61. The monoisotopic (exact) mass is 300 g/mol. The number of carboxylic acid groups (broad SMARTS) is 1. The molecule has 0 amide bonds. The van der Waals surface area contributed by atoms with Crippen LogP contribution in [0.15, 0.2) is 23.1 Å². The van der Waals surface area contributed by atoms with E-state index in [0.717, 1.165) is 12.5 Å². The number of nitrogens with two attached hydrogens (primary N) is 1. The standard InChI is InChI=1S/C12H16N2O5S/c1-12(4-5-19-7-12)14-10-3-2-8(20(13,17)18)6-9(10)11(15)16/h2-3,6,14H,4-5,7H2,1H3,(H,15,16)(H2,13,17,18). The molecule has 4 N–H and O–H groups in total. The molecule has 20 heavy (non-hydrogen) atoms. The lowest BCUT2D eigenvalue weighted by molar-refractivity contribution is 0.0697. The Hall–Kier alpha value is -1.64. The van der Waals surface area contributed by atoms with Crippen LogP contribution < -0.4 is 10.5 Å². The molecule has 1 unspecified atom stereocenters. The van der Waals surface area contributed by atoms with E-state index in [-0.39, 0.29) is 16.0 Å². The number of primary sulfonamides is 1. The molecule has 7 nitrogen and oxygen atoms in total. The molecule has 8 heteroatoms. The molecule has 1 aromatic rings. The summed E-state index contributed by atoms with van der Waals surface area (Å²) in [6, 6.07) is 3.75. The first kappa shape index (κ1) is 14.8. The first-order chi connectivity index (χ1) is 9.21. The number of carbonyl (C=O) groups is 1. The quantitative estimate of drug-likeness (QED) is 0.750. The van der Waals surface area contributed by atoms with Crippen LogP contribution in [0.3, 0.4) is 0 Å². The molecule has 1 aliphatic heterocycles. The smallest absolute Gasteiger partial charge is 0.337 e. The van der Waals surface area contributed by atoms with Crippen LogP contribution in [-0.4, -0.2) is 38.2 Å². The molecule has 0 radical (unpaired) electrons. The second-order valence-electron chi connectivity index (χ2n) is 5.05. The Morgan fingerprint density at radius 3 is 2.70 bits per heavy atom. The highest BCUT2D eigenvalue weighted by atomic mass is 32.2. The van der Waals surface area contributed by atoms with Gasteiger partial charge in [0.05, 0.1) is 22.6 Å². The van der Waals surface area contributed by atoms with Crippen molar-refractivity contribution in [3.8, 4) is 0 Å². The largest absolute Gasteiger partial charge is 0.478 e. The third-order valence-electron chi connectivity index (χ3n) is 3.21. The molecule has 1 saturated heterocycles. The van der Waals surface area contributed by atoms with E-state index >= 15 is 0 Å². The number of hydrogen-bond acceptors (Lipinski definition) is 5. The Bertz CT molecular complexity index is 635. The molecule has 1 heterocycles. The van der Waals surface area contributed by atoms with Crippen LogP contribution in [-0.2, 0) is 14.8 Å². The summed E-state index contributed by atoms with van der Waals surface area (Å²) >= 11 is 0. The van der Waals surface area contributed by atoms with Crippen LogP contribution in [0.4, 0.5) is 5.69 Å². The number of aromatic carboxylic acids is 1. The number of hydrogen-bond donors (Lipinski definition) is 3. The van der Waals surface area contributed by atoms with Crippen LogP contribution in [0.25, 0.3) is 0 Å². The minimum Gasteiger partial charge on any atom is -0.478 e. The topological polar surface area (TPSA) is 119 Å². The highest BCUT2D eigenvalue weighted by molar-refractivity contribution is 7.89. The maximum absolute atomic E-state index is 11.3. The van der Waals surface area contributed by atoms with Crippen molar-refractivity contribution in [2.45, 2.75) is 23.8 Å². The van der Waals surface area contributed by atoms with Gasteiger partial charge in [-0.25, -0.2) is 18.4 Å². The van der Waals surface area contributed by atoms with Crippen molar-refractivity contribution in [3.63, 3.8) is 0 Å². The maximum atomic E-state index is 11.3. The molecule has 1 aliphatic rings. The molecule has 0 spiro atoms. The van der Waals surface area contributed by atoms with Crippen molar-refractivity contribution in [2.75, 3.05) is 18.5 Å². The van der Waals surface area contributed by atoms with Crippen LogP contribution in [0.1, 0.15) is 23.7 Å². The van der Waals surface area contributed by atoms with E-state index in [4.69, 9.17) is 9.88 Å². The number of anilines is 1. The van der Waals surface area contributed by atoms with Gasteiger partial charge in [-0.2, -0.15) is 0 Å². The van der Waals surface area contributed by atoms with E-state index in [1.807, 2.05) is 6.92 Å². The molecule has 0 aliphatic carbocycles. The molecule has 110 valence electrons. The van der Waals surface area contributed by atoms with Gasteiger partial charge in [0, 0.05) is 12.3 Å². The van der Waals surface area contributed by atoms with Gasteiger partial charge in [0.25, 0.3) is 0 Å². The Morgan fingerprint density at radius 2 is 2.20 bits per heavy atom. The lowest BCUT2D eigenvalue weighted by atomic mass is 10.0. The molecule has 2 rings (SSSR count). The van der Waals surface area contributed by atoms with Gasteiger partial charge in [0.15, 0.2) is 0 Å². The van der Waals surface area contributed by atoms with Crippen molar-refractivity contribution < 1.29 is 23.1 Å². The first-order valence-corrected chi connectivity index (χ1v) is 7.52. The first-order valence-electron chi connectivity index (χ1n) is 5.97. The summed E-state index contributed by atoms with van der Waals surface area (Å²) in [5, 5.41) is 17.3. The third-order valence-corrected chi connectivity index (χ3v) is 4.12. The number of benzene rings is 1. The molecule has 1 atom stereocenters. The lowest BCUT2D eigenvalue weighted by Gasteiger charge is -2.26. The Morgan fingerprint density at radius 1 is 1.50 bits per heavy atom. The summed E-state index contributed by atoms with van der Waals surface area (Å²) in [4.78, 5) is 11.0. The van der Waals surface area contributed by atoms with Gasteiger partial charge in [0.2, 0.25) is 10.0 Å². The van der Waals surface area contributed by atoms with Crippen molar-refractivity contribution in [2.24, 2.45) is 5.14 Å². The van der Waals surface area contributed by atoms with Gasteiger partial charge in [0.1, 0.15) is 0 Å². The molecule has 1 fully saturated rings. The van der Waals surface area contributed by atoms with E-state index in [2.05, 4.69) is 5.32 Å². The molecular weight excluding hydrogens is 284 g/mol. The van der Waals surface area contributed by atoms with Gasteiger partial charge in [-0.1, -0.05) is 0 Å². The highest BCUT2D eigenvalue weighted by Crippen LogP contribution is 2.27. The normalized spacial score (nSPS) is 22.7. The molecule has 0 bridgehead atoms. The summed E-state index contributed by atoms with van der Waals surface area (Å²) in [7, 11) is -3.93. The Kier molecular flexibility index (Phi) is 3.72. The van der Waals surface area contributed by atoms with E-state index in [1.54, 1.807) is 0 Å². The van der Waals surface area contributed by atoms with Gasteiger partial charge >= 0.3 is 5.97 Å². The van der Waals surface area contributed by atoms with Gasteiger partial charge in [-0.15, -0.1) is 0 Å². The van der Waals surface area contributed by atoms with Crippen molar-refractivity contribution in [1.82, 2.24) is 0 Å². The number of ether oxygens (including phenoxy) is 1. The minimum atomic E-state index is -3.93. The zero-order valence-corrected chi connectivity index (χ0v) is 11.7. The number of rotatable bonds is 4. The number of carboxylic acids is 1. The summed E-state index contributed by atoms with van der Waals surface area (Å²) in [5.41, 5.74) is -0.157. The fraction of sp³-hybridized carbons (Fsp3) is 0.417. The predicted octanol–water partition coefficient (Wildman–Crippen LogP) is 0.623. The van der Waals surface area contributed by atoms with Gasteiger partial charge < -0.3 is 15.2 Å². The van der Waals surface area contributed by atoms with Crippen LogP contribution in [0.5, 0.6) is 0 Å². The van der Waals surface area contributed by atoms with Crippen LogP contribution in [0.2, 0.25) is 0 Å². The molecule has 1 aromatic carbocycles. The van der Waals surface area contributed by atoms with Crippen molar-refractivity contribution in [1.29, 1.82) is 0 Å². The molecule has 0 aromatic heterocycles. The van der Waals surface area contributed by atoms with Gasteiger partial charge in [-0.05, 0) is 31.5 Å². The minimum absolute atomic E-state index is 0.135. The molecule has 0 saturated carbocycles. The lowest BCUT2D eigenvalue weighted by Crippen LogP contribution is -2.35. The Labute approximate surface area is 116 Å². The average molecular weight is 300 g/mol. The van der Waals surface area contributed by atoms with Crippen LogP contribution in [0, 0.1) is 0 Å². The van der Waals surface area contributed by atoms with E-state index in [1.165, 1.54) is 12.1 Å². The SMILES string of the molecule is CC1(Nc2ccc(S(N)(=O)=O)cc2C(=O)O)CCOC1. The zero-order valence-electron chi connectivity index (χ0n) is 10.9. The van der Waals surface area contributed by atoms with E-state index < -0.39 is 16.0 Å². The summed E-state index contributed by atoms with van der Waals surface area (Å²) < 4.78 is 27.8. The van der Waals surface area contributed by atoms with Gasteiger partial charge in [-0.3, -0.25) is 0 Å². The fourth-order valence-corrected chi connectivity index (χ4v) is 2.62. The van der Waals surface area contributed by atoms with Crippen molar-refractivity contribution in [3.05, 3.63) is 23.8 Å². The predicted molar refractivity (Wildman–Crippen MR) is 72.2 cm³/mol. The fourth-order valence-electron chi connectivity index (χ4n) is 2.08. The summed E-state index contributed by atoms with van der Waals surface area (Å²) in [6.45, 7) is 2.98. The Balaban J connectivity index is 2.40. The van der Waals surface area contributed by atoms with Crippen LogP contribution >= 0.6 is 0 Å². The highest BCUT2D eigenvalue weighted by Gasteiger charge is 2.30. The third kappa shape index (κ3) is 3.09. The van der Waals surface area contributed by atoms with E-state index in [9.17, 15) is 18.3 Å². The van der Waals surface area contributed by atoms with Crippen molar-refractivity contribution >= 4 is 21.7 Å².